The van der Waals surface area contributed by atoms with Crippen molar-refractivity contribution in [2.24, 2.45) is 0 Å². The predicted molar refractivity (Wildman–Crippen MR) is 112 cm³/mol. The molecule has 1 amide bonds. The summed E-state index contributed by atoms with van der Waals surface area (Å²) in [5, 5.41) is 16.4. The van der Waals surface area contributed by atoms with E-state index in [2.05, 4.69) is 5.16 Å². The normalized spacial score (nSPS) is 16.4. The summed E-state index contributed by atoms with van der Waals surface area (Å²) in [6.45, 7) is 4.25. The zero-order valence-corrected chi connectivity index (χ0v) is 17.3. The van der Waals surface area contributed by atoms with Crippen molar-refractivity contribution >= 4 is 28.8 Å². The Morgan fingerprint density at radius 1 is 1.30 bits per heavy atom. The molecular formula is C22H20N2O5S. The number of carbonyl (C=O) groups is 2. The summed E-state index contributed by atoms with van der Waals surface area (Å²) in [5.41, 5.74) is 0.636. The Balaban J connectivity index is 1.84. The Bertz CT molecular complexity index is 1120. The number of carbonyl (C=O) groups excluding carboxylic acids is 2. The Kier molecular flexibility index (Phi) is 5.41. The summed E-state index contributed by atoms with van der Waals surface area (Å²) in [5.74, 6) is -0.333. The zero-order valence-electron chi connectivity index (χ0n) is 16.5. The van der Waals surface area contributed by atoms with Gasteiger partial charge in [0, 0.05) is 6.07 Å². The summed E-state index contributed by atoms with van der Waals surface area (Å²) >= 11 is 1.25. The molecule has 8 heteroatoms. The van der Waals surface area contributed by atoms with Crippen LogP contribution >= 0.6 is 11.3 Å². The number of aromatic nitrogens is 1. The molecule has 4 rings (SSSR count). The number of hydrogen-bond acceptors (Lipinski definition) is 7. The van der Waals surface area contributed by atoms with Gasteiger partial charge in [-0.25, -0.2) is 0 Å². The van der Waals surface area contributed by atoms with Crippen LogP contribution in [-0.4, -0.2) is 28.6 Å². The molecular weight excluding hydrogens is 404 g/mol. The molecule has 1 aliphatic heterocycles. The number of hydrogen-bond donors (Lipinski definition) is 1. The summed E-state index contributed by atoms with van der Waals surface area (Å²) in [4.78, 5) is 27.9. The van der Waals surface area contributed by atoms with Crippen LogP contribution < -0.4 is 9.64 Å². The third kappa shape index (κ3) is 3.50. The van der Waals surface area contributed by atoms with E-state index in [1.54, 1.807) is 48.7 Å². The Morgan fingerprint density at radius 2 is 2.13 bits per heavy atom. The van der Waals surface area contributed by atoms with Crippen LogP contribution in [0.5, 0.6) is 5.75 Å². The maximum Gasteiger partial charge on any atom is 0.295 e. The first-order valence-electron chi connectivity index (χ1n) is 9.52. The quantitative estimate of drug-likeness (QED) is 0.557. The minimum atomic E-state index is -0.859. The second-order valence-corrected chi connectivity index (χ2v) is 7.81. The molecule has 1 aromatic carbocycles. The molecule has 1 aliphatic rings. The maximum absolute atomic E-state index is 13.2. The van der Waals surface area contributed by atoms with Crippen LogP contribution in [0, 0.1) is 6.92 Å². The number of Topliss-reactive ketones (excluding diaryl/α,β-unsaturated/α-hetero) is 1. The fourth-order valence-corrected chi connectivity index (χ4v) is 4.07. The third-order valence-electron chi connectivity index (χ3n) is 4.71. The van der Waals surface area contributed by atoms with E-state index in [1.807, 2.05) is 13.0 Å². The van der Waals surface area contributed by atoms with Crippen LogP contribution in [-0.2, 0) is 4.79 Å². The van der Waals surface area contributed by atoms with E-state index in [0.717, 1.165) is 6.42 Å². The van der Waals surface area contributed by atoms with Gasteiger partial charge >= 0.3 is 0 Å². The van der Waals surface area contributed by atoms with Crippen molar-refractivity contribution in [3.63, 3.8) is 0 Å². The standard InChI is InChI=1S/C22H20N2O5S/c1-3-9-28-15-7-4-6-14(12-15)19-18(20(25)16-8-5-10-30-16)21(26)22(27)24(19)17-11-13(2)29-23-17/h4-8,10-12,19,26H,3,9H2,1-2H3/t19-/m1/s1. The van der Waals surface area contributed by atoms with E-state index in [-0.39, 0.29) is 11.4 Å². The molecule has 7 nitrogen and oxygen atoms in total. The number of ketones is 1. The highest BCUT2D eigenvalue weighted by atomic mass is 32.1. The van der Waals surface area contributed by atoms with Crippen molar-refractivity contribution in [1.82, 2.24) is 5.16 Å². The van der Waals surface area contributed by atoms with Crippen LogP contribution in [0.2, 0.25) is 0 Å². The molecule has 1 N–H and O–H groups in total. The third-order valence-corrected chi connectivity index (χ3v) is 5.58. The highest BCUT2D eigenvalue weighted by Crippen LogP contribution is 2.42. The Morgan fingerprint density at radius 3 is 2.80 bits per heavy atom. The van der Waals surface area contributed by atoms with Crippen molar-refractivity contribution in [2.75, 3.05) is 11.5 Å². The molecule has 0 saturated heterocycles. The van der Waals surface area contributed by atoms with Gasteiger partial charge in [-0.3, -0.25) is 14.5 Å². The summed E-state index contributed by atoms with van der Waals surface area (Å²) < 4.78 is 10.9. The molecule has 0 spiro atoms. The van der Waals surface area contributed by atoms with Gasteiger partial charge in [0.25, 0.3) is 5.91 Å². The van der Waals surface area contributed by atoms with Crippen molar-refractivity contribution in [3.05, 3.63) is 75.4 Å². The van der Waals surface area contributed by atoms with E-state index >= 15 is 0 Å². The predicted octanol–water partition coefficient (Wildman–Crippen LogP) is 4.62. The minimum absolute atomic E-state index is 0.00995. The van der Waals surface area contributed by atoms with Crippen LogP contribution in [0.1, 0.15) is 40.4 Å². The molecule has 0 aliphatic carbocycles. The lowest BCUT2D eigenvalue weighted by atomic mass is 9.95. The topological polar surface area (TPSA) is 92.9 Å². The monoisotopic (exact) mass is 424 g/mol. The number of benzene rings is 1. The van der Waals surface area contributed by atoms with Crippen molar-refractivity contribution in [3.8, 4) is 5.75 Å². The number of rotatable bonds is 7. The number of aliphatic hydroxyl groups is 1. The smallest absolute Gasteiger partial charge is 0.295 e. The van der Waals surface area contributed by atoms with Gasteiger partial charge in [0.1, 0.15) is 11.5 Å². The van der Waals surface area contributed by atoms with Crippen molar-refractivity contribution < 1.29 is 24.0 Å². The molecule has 154 valence electrons. The van der Waals surface area contributed by atoms with Gasteiger partial charge in [-0.15, -0.1) is 11.3 Å². The largest absolute Gasteiger partial charge is 0.503 e. The number of aryl methyl sites for hydroxylation is 1. The SMILES string of the molecule is CCCOc1cccc([C@@H]2C(C(=O)c3cccs3)=C(O)C(=O)N2c2cc(C)on2)c1. The number of thiophene rings is 1. The van der Waals surface area contributed by atoms with Gasteiger partial charge in [-0.05, 0) is 42.5 Å². The van der Waals surface area contributed by atoms with E-state index in [4.69, 9.17) is 9.26 Å². The number of amides is 1. The van der Waals surface area contributed by atoms with E-state index in [0.29, 0.717) is 28.6 Å². The number of ether oxygens (including phenoxy) is 1. The first kappa shape index (κ1) is 19.9. The van der Waals surface area contributed by atoms with Crippen molar-refractivity contribution in [2.45, 2.75) is 26.3 Å². The maximum atomic E-state index is 13.2. The summed E-state index contributed by atoms with van der Waals surface area (Å²) in [6, 6.07) is 11.3. The lowest BCUT2D eigenvalue weighted by Crippen LogP contribution is -2.31. The van der Waals surface area contributed by atoms with Gasteiger partial charge in [-0.2, -0.15) is 0 Å². The lowest BCUT2D eigenvalue weighted by Gasteiger charge is -2.24. The molecule has 3 heterocycles. The highest BCUT2D eigenvalue weighted by molar-refractivity contribution is 7.12. The average molecular weight is 424 g/mol. The number of nitrogens with zero attached hydrogens (tertiary/aromatic N) is 2. The first-order valence-corrected chi connectivity index (χ1v) is 10.4. The molecule has 30 heavy (non-hydrogen) atoms. The van der Waals surface area contributed by atoms with Gasteiger partial charge in [-0.1, -0.05) is 30.3 Å². The van der Waals surface area contributed by atoms with Crippen LogP contribution in [0.4, 0.5) is 5.82 Å². The molecule has 3 aromatic rings. The molecule has 2 aromatic heterocycles. The number of aliphatic hydroxyl groups excluding tert-OH is 1. The van der Waals surface area contributed by atoms with Gasteiger partial charge in [0.2, 0.25) is 5.78 Å². The fourth-order valence-electron chi connectivity index (χ4n) is 3.39. The summed E-state index contributed by atoms with van der Waals surface area (Å²) in [6.07, 6.45) is 0.847. The average Bonchev–Trinajstić information content (AvgIpc) is 3.47. The van der Waals surface area contributed by atoms with Gasteiger partial charge < -0.3 is 14.4 Å². The highest BCUT2D eigenvalue weighted by Gasteiger charge is 2.46. The van der Waals surface area contributed by atoms with Gasteiger partial charge in [0.15, 0.2) is 11.6 Å². The molecule has 0 bridgehead atoms. The second kappa shape index (κ2) is 8.16. The second-order valence-electron chi connectivity index (χ2n) is 6.86. The summed E-state index contributed by atoms with van der Waals surface area (Å²) in [7, 11) is 0. The minimum Gasteiger partial charge on any atom is -0.503 e. The molecule has 0 fully saturated rings. The molecule has 1 atom stereocenters. The molecule has 0 saturated carbocycles. The Hall–Kier alpha value is -3.39. The molecule has 0 radical (unpaired) electrons. The van der Waals surface area contributed by atoms with Crippen LogP contribution in [0.15, 0.2) is 63.7 Å². The first-order chi connectivity index (χ1) is 14.5. The number of anilines is 1. The van der Waals surface area contributed by atoms with E-state index in [9.17, 15) is 14.7 Å². The lowest BCUT2D eigenvalue weighted by molar-refractivity contribution is -0.117. The van der Waals surface area contributed by atoms with Crippen LogP contribution in [0.3, 0.4) is 0 Å². The van der Waals surface area contributed by atoms with E-state index in [1.165, 1.54) is 16.2 Å². The van der Waals surface area contributed by atoms with E-state index < -0.39 is 23.5 Å². The Labute approximate surface area is 177 Å². The van der Waals surface area contributed by atoms with Crippen LogP contribution in [0.25, 0.3) is 0 Å². The van der Waals surface area contributed by atoms with Gasteiger partial charge in [0.05, 0.1) is 23.1 Å². The fraction of sp³-hybridized carbons (Fsp3) is 0.227. The molecule has 0 unspecified atom stereocenters. The van der Waals surface area contributed by atoms with Crippen molar-refractivity contribution in [1.29, 1.82) is 0 Å². The zero-order chi connectivity index (χ0) is 21.3.